The lowest BCUT2D eigenvalue weighted by Crippen LogP contribution is -2.30. The van der Waals surface area contributed by atoms with Gasteiger partial charge in [-0.2, -0.15) is 0 Å². The summed E-state index contributed by atoms with van der Waals surface area (Å²) >= 11 is 0. The van der Waals surface area contributed by atoms with Crippen LogP contribution >= 0.6 is 0 Å². The van der Waals surface area contributed by atoms with Gasteiger partial charge in [-0.1, -0.05) is 23.4 Å². The fourth-order valence-electron chi connectivity index (χ4n) is 2.34. The molecule has 3 rings (SSSR count). The predicted molar refractivity (Wildman–Crippen MR) is 94.9 cm³/mol. The van der Waals surface area contributed by atoms with Gasteiger partial charge in [0.1, 0.15) is 11.5 Å². The second kappa shape index (κ2) is 8.70. The van der Waals surface area contributed by atoms with Crippen molar-refractivity contribution < 1.29 is 18.5 Å². The number of nitrogens with zero attached hydrogens (tertiary/aromatic N) is 2. The molecule has 2 aromatic heterocycles. The van der Waals surface area contributed by atoms with E-state index in [1.54, 1.807) is 30.5 Å². The molecule has 0 bridgehead atoms. The van der Waals surface area contributed by atoms with Crippen LogP contribution in [0.1, 0.15) is 22.5 Å². The van der Waals surface area contributed by atoms with Gasteiger partial charge in [-0.15, -0.1) is 0 Å². The Morgan fingerprint density at radius 2 is 1.85 bits per heavy atom. The fraction of sp³-hybridized carbons (Fsp3) is 0.158. The molecule has 1 aromatic carbocycles. The quantitative estimate of drug-likeness (QED) is 0.667. The van der Waals surface area contributed by atoms with Gasteiger partial charge in [0, 0.05) is 25.2 Å². The summed E-state index contributed by atoms with van der Waals surface area (Å²) in [7, 11) is 0. The highest BCUT2D eigenvalue weighted by Gasteiger charge is 2.12. The third-order valence-electron chi connectivity index (χ3n) is 3.70. The van der Waals surface area contributed by atoms with E-state index in [2.05, 4.69) is 20.8 Å². The number of rotatable bonds is 7. The average molecular weight is 368 g/mol. The SMILES string of the molecule is O=C(CCNC(=O)c1ccccc1F)NCc1cc(-c2ccccn2)no1. The monoisotopic (exact) mass is 368 g/mol. The minimum atomic E-state index is -0.603. The summed E-state index contributed by atoms with van der Waals surface area (Å²) in [6.07, 6.45) is 1.71. The lowest BCUT2D eigenvalue weighted by molar-refractivity contribution is -0.121. The van der Waals surface area contributed by atoms with Crippen molar-refractivity contribution in [2.75, 3.05) is 6.54 Å². The zero-order chi connectivity index (χ0) is 19.1. The molecule has 8 heteroatoms. The van der Waals surface area contributed by atoms with Crippen LogP contribution in [-0.2, 0) is 11.3 Å². The highest BCUT2D eigenvalue weighted by molar-refractivity contribution is 5.94. The Morgan fingerprint density at radius 3 is 2.63 bits per heavy atom. The number of benzene rings is 1. The van der Waals surface area contributed by atoms with Crippen molar-refractivity contribution >= 4 is 11.8 Å². The number of amides is 2. The Hall–Kier alpha value is -3.55. The van der Waals surface area contributed by atoms with Crippen LogP contribution in [-0.4, -0.2) is 28.5 Å². The molecule has 0 radical (unpaired) electrons. The molecule has 138 valence electrons. The summed E-state index contributed by atoms with van der Waals surface area (Å²) in [6.45, 7) is 0.258. The molecule has 2 heterocycles. The molecule has 0 aliphatic heterocycles. The van der Waals surface area contributed by atoms with Crippen LogP contribution in [0.4, 0.5) is 4.39 Å². The molecule has 0 saturated carbocycles. The van der Waals surface area contributed by atoms with E-state index in [0.717, 1.165) is 0 Å². The maximum absolute atomic E-state index is 13.5. The van der Waals surface area contributed by atoms with Crippen molar-refractivity contribution in [1.29, 1.82) is 0 Å². The Kier molecular flexibility index (Phi) is 5.88. The Labute approximate surface area is 154 Å². The van der Waals surface area contributed by atoms with Crippen LogP contribution in [0, 0.1) is 5.82 Å². The number of hydrogen-bond acceptors (Lipinski definition) is 5. The molecular formula is C19H17FN4O3. The van der Waals surface area contributed by atoms with Crippen molar-refractivity contribution in [1.82, 2.24) is 20.8 Å². The summed E-state index contributed by atoms with van der Waals surface area (Å²) in [4.78, 5) is 27.9. The number of hydrogen-bond donors (Lipinski definition) is 2. The van der Waals surface area contributed by atoms with Crippen LogP contribution in [0.15, 0.2) is 59.3 Å². The molecule has 0 atom stereocenters. The van der Waals surface area contributed by atoms with Crippen LogP contribution in [0.5, 0.6) is 0 Å². The normalized spacial score (nSPS) is 10.4. The van der Waals surface area contributed by atoms with Crippen LogP contribution in [0.25, 0.3) is 11.4 Å². The van der Waals surface area contributed by atoms with Gasteiger partial charge in [-0.25, -0.2) is 4.39 Å². The second-order valence-corrected chi connectivity index (χ2v) is 5.66. The summed E-state index contributed by atoms with van der Waals surface area (Å²) in [5.74, 6) is -0.955. The Morgan fingerprint density at radius 1 is 1.04 bits per heavy atom. The first-order valence-electron chi connectivity index (χ1n) is 8.30. The fourth-order valence-corrected chi connectivity index (χ4v) is 2.34. The highest BCUT2D eigenvalue weighted by Crippen LogP contribution is 2.15. The van der Waals surface area contributed by atoms with Crippen LogP contribution < -0.4 is 10.6 Å². The van der Waals surface area contributed by atoms with Gasteiger partial charge >= 0.3 is 0 Å². The van der Waals surface area contributed by atoms with Gasteiger partial charge in [-0.3, -0.25) is 14.6 Å². The van der Waals surface area contributed by atoms with E-state index < -0.39 is 11.7 Å². The smallest absolute Gasteiger partial charge is 0.254 e. The standard InChI is InChI=1S/C19H17FN4O3/c20-15-6-2-1-5-14(15)19(26)22-10-8-18(25)23-12-13-11-17(24-27-13)16-7-3-4-9-21-16/h1-7,9,11H,8,10,12H2,(H,22,26)(H,23,25). The lowest BCUT2D eigenvalue weighted by Gasteiger charge is -2.06. The highest BCUT2D eigenvalue weighted by atomic mass is 19.1. The van der Waals surface area contributed by atoms with E-state index >= 15 is 0 Å². The molecule has 0 unspecified atom stereocenters. The van der Waals surface area contributed by atoms with Gasteiger partial charge < -0.3 is 15.2 Å². The molecular weight excluding hydrogens is 351 g/mol. The molecule has 3 aromatic rings. The molecule has 2 amide bonds. The van der Waals surface area contributed by atoms with Crippen molar-refractivity contribution in [3.8, 4) is 11.4 Å². The molecule has 0 fully saturated rings. The van der Waals surface area contributed by atoms with E-state index in [-0.39, 0.29) is 31.0 Å². The maximum Gasteiger partial charge on any atom is 0.254 e. The van der Waals surface area contributed by atoms with Crippen molar-refractivity contribution in [2.45, 2.75) is 13.0 Å². The third-order valence-corrected chi connectivity index (χ3v) is 3.70. The van der Waals surface area contributed by atoms with Gasteiger partial charge in [0.2, 0.25) is 5.91 Å². The molecule has 0 saturated heterocycles. The van der Waals surface area contributed by atoms with Crippen LogP contribution in [0.3, 0.4) is 0 Å². The Bertz CT molecular complexity index is 927. The zero-order valence-corrected chi connectivity index (χ0v) is 14.3. The lowest BCUT2D eigenvalue weighted by atomic mass is 10.2. The summed E-state index contributed by atoms with van der Waals surface area (Å²) in [6, 6.07) is 12.8. The zero-order valence-electron chi connectivity index (χ0n) is 14.3. The molecule has 7 nitrogen and oxygen atoms in total. The molecule has 27 heavy (non-hydrogen) atoms. The van der Waals surface area contributed by atoms with E-state index in [1.165, 1.54) is 18.2 Å². The summed E-state index contributed by atoms with van der Waals surface area (Å²) in [5, 5.41) is 9.09. The first-order valence-corrected chi connectivity index (χ1v) is 8.30. The minimum absolute atomic E-state index is 0.0541. The summed E-state index contributed by atoms with van der Waals surface area (Å²) in [5.41, 5.74) is 1.20. The average Bonchev–Trinajstić information content (AvgIpc) is 3.16. The number of aromatic nitrogens is 2. The first kappa shape index (κ1) is 18.2. The number of nitrogens with one attached hydrogen (secondary N) is 2. The number of carbonyl (C=O) groups is 2. The first-order chi connectivity index (χ1) is 13.1. The summed E-state index contributed by atoms with van der Waals surface area (Å²) < 4.78 is 18.7. The van der Waals surface area contributed by atoms with Gasteiger partial charge in [0.15, 0.2) is 5.76 Å². The van der Waals surface area contributed by atoms with Gasteiger partial charge in [-0.05, 0) is 24.3 Å². The van der Waals surface area contributed by atoms with Crippen molar-refractivity contribution in [2.24, 2.45) is 0 Å². The maximum atomic E-state index is 13.5. The minimum Gasteiger partial charge on any atom is -0.359 e. The molecule has 2 N–H and O–H groups in total. The van der Waals surface area contributed by atoms with Gasteiger partial charge in [0.25, 0.3) is 5.91 Å². The Balaban J connectivity index is 1.42. The van der Waals surface area contributed by atoms with Gasteiger partial charge in [0.05, 0.1) is 17.8 Å². The molecule has 0 spiro atoms. The van der Waals surface area contributed by atoms with Crippen LogP contribution in [0.2, 0.25) is 0 Å². The number of pyridine rings is 1. The van der Waals surface area contributed by atoms with E-state index in [1.807, 2.05) is 6.07 Å². The number of carbonyl (C=O) groups excluding carboxylic acids is 2. The van der Waals surface area contributed by atoms with Crippen molar-refractivity contribution in [3.63, 3.8) is 0 Å². The van der Waals surface area contributed by atoms with E-state index in [4.69, 9.17) is 4.52 Å². The van der Waals surface area contributed by atoms with Crippen molar-refractivity contribution in [3.05, 3.63) is 71.9 Å². The predicted octanol–water partition coefficient (Wildman–Crippen LogP) is 2.31. The van der Waals surface area contributed by atoms with E-state index in [9.17, 15) is 14.0 Å². The molecule has 0 aliphatic rings. The second-order valence-electron chi connectivity index (χ2n) is 5.66. The number of halogens is 1. The third kappa shape index (κ3) is 4.97. The topological polar surface area (TPSA) is 97.1 Å². The largest absolute Gasteiger partial charge is 0.359 e. The molecule has 0 aliphatic carbocycles. The van der Waals surface area contributed by atoms with E-state index in [0.29, 0.717) is 17.1 Å².